The SMILES string of the molecule is NC[C@@H]1CCN(C(=O)[C@H]2C[C@@H]2c2cccc(C(F)(F)F)c2)C1. The van der Waals surface area contributed by atoms with Crippen LogP contribution in [0, 0.1) is 11.8 Å². The zero-order chi connectivity index (χ0) is 15.9. The number of nitrogens with zero attached hydrogens (tertiary/aromatic N) is 1. The van der Waals surface area contributed by atoms with Gasteiger partial charge in [-0.3, -0.25) is 4.79 Å². The summed E-state index contributed by atoms with van der Waals surface area (Å²) in [5, 5.41) is 0. The first kappa shape index (κ1) is 15.3. The van der Waals surface area contributed by atoms with E-state index in [0.717, 1.165) is 12.5 Å². The Morgan fingerprint density at radius 1 is 1.36 bits per heavy atom. The smallest absolute Gasteiger partial charge is 0.342 e. The standard InChI is InChI=1S/C16H19F3N2O/c17-16(18,19)12-3-1-2-11(6-12)13-7-14(13)15(22)21-5-4-10(8-20)9-21/h1-3,6,10,13-14H,4-5,7-9,20H2/t10-,13+,14-/m0/s1. The molecule has 2 N–H and O–H groups in total. The van der Waals surface area contributed by atoms with Crippen molar-refractivity contribution in [3.05, 3.63) is 35.4 Å². The molecule has 6 heteroatoms. The Labute approximate surface area is 127 Å². The lowest BCUT2D eigenvalue weighted by Crippen LogP contribution is -2.31. The van der Waals surface area contributed by atoms with Crippen LogP contribution in [0.3, 0.4) is 0 Å². The number of hydrogen-bond acceptors (Lipinski definition) is 2. The fourth-order valence-corrected chi connectivity index (χ4v) is 3.24. The Morgan fingerprint density at radius 3 is 2.77 bits per heavy atom. The van der Waals surface area contributed by atoms with Gasteiger partial charge in [0.2, 0.25) is 5.91 Å². The van der Waals surface area contributed by atoms with E-state index in [2.05, 4.69) is 0 Å². The highest BCUT2D eigenvalue weighted by Crippen LogP contribution is 2.49. The van der Waals surface area contributed by atoms with Crippen LogP contribution in [0.15, 0.2) is 24.3 Å². The Morgan fingerprint density at radius 2 is 2.14 bits per heavy atom. The van der Waals surface area contributed by atoms with Gasteiger partial charge in [-0.2, -0.15) is 13.2 Å². The van der Waals surface area contributed by atoms with Gasteiger partial charge in [0.15, 0.2) is 0 Å². The Kier molecular flexibility index (Phi) is 3.89. The lowest BCUT2D eigenvalue weighted by Gasteiger charge is -2.16. The molecular formula is C16H19F3N2O. The van der Waals surface area contributed by atoms with E-state index in [0.29, 0.717) is 37.5 Å². The lowest BCUT2D eigenvalue weighted by molar-refractivity contribution is -0.137. The summed E-state index contributed by atoms with van der Waals surface area (Å²) < 4.78 is 38.2. The molecule has 1 aliphatic heterocycles. The van der Waals surface area contributed by atoms with Crippen LogP contribution < -0.4 is 5.73 Å². The molecule has 0 bridgehead atoms. The molecule has 22 heavy (non-hydrogen) atoms. The first-order chi connectivity index (χ1) is 10.4. The number of halogens is 3. The molecule has 120 valence electrons. The topological polar surface area (TPSA) is 46.3 Å². The third kappa shape index (κ3) is 2.97. The molecule has 1 aromatic rings. The van der Waals surface area contributed by atoms with Gasteiger partial charge in [0.05, 0.1) is 5.56 Å². The Balaban J connectivity index is 1.66. The number of carbonyl (C=O) groups is 1. The third-order valence-electron chi connectivity index (χ3n) is 4.68. The van der Waals surface area contributed by atoms with E-state index >= 15 is 0 Å². The van der Waals surface area contributed by atoms with E-state index in [4.69, 9.17) is 5.73 Å². The Bertz CT molecular complexity index is 573. The summed E-state index contributed by atoms with van der Waals surface area (Å²) in [6.45, 7) is 1.97. The fourth-order valence-electron chi connectivity index (χ4n) is 3.24. The number of hydrogen-bond donors (Lipinski definition) is 1. The monoisotopic (exact) mass is 312 g/mol. The van der Waals surface area contributed by atoms with Crippen LogP contribution in [0.4, 0.5) is 13.2 Å². The molecule has 3 atom stereocenters. The molecule has 1 saturated heterocycles. The van der Waals surface area contributed by atoms with Crippen molar-refractivity contribution >= 4 is 5.91 Å². The number of likely N-dealkylation sites (tertiary alicyclic amines) is 1. The van der Waals surface area contributed by atoms with Crippen LogP contribution >= 0.6 is 0 Å². The molecule has 0 spiro atoms. The second kappa shape index (κ2) is 5.57. The average molecular weight is 312 g/mol. The van der Waals surface area contributed by atoms with E-state index in [1.165, 1.54) is 12.1 Å². The largest absolute Gasteiger partial charge is 0.416 e. The van der Waals surface area contributed by atoms with E-state index in [-0.39, 0.29) is 17.7 Å². The van der Waals surface area contributed by atoms with Crippen molar-refractivity contribution in [1.82, 2.24) is 4.90 Å². The van der Waals surface area contributed by atoms with Gasteiger partial charge in [0, 0.05) is 19.0 Å². The zero-order valence-electron chi connectivity index (χ0n) is 12.1. The lowest BCUT2D eigenvalue weighted by atomic mass is 10.1. The van der Waals surface area contributed by atoms with Crippen LogP contribution in [-0.4, -0.2) is 30.4 Å². The van der Waals surface area contributed by atoms with Crippen LogP contribution in [0.1, 0.15) is 29.9 Å². The van der Waals surface area contributed by atoms with Crippen LogP contribution in [0.5, 0.6) is 0 Å². The predicted octanol–water partition coefficient (Wildman–Crippen LogP) is 2.62. The first-order valence-electron chi connectivity index (χ1n) is 7.56. The van der Waals surface area contributed by atoms with E-state index < -0.39 is 11.7 Å². The number of benzene rings is 1. The first-order valence-corrected chi connectivity index (χ1v) is 7.56. The highest BCUT2D eigenvalue weighted by molar-refractivity contribution is 5.83. The molecule has 2 aliphatic rings. The van der Waals surface area contributed by atoms with Crippen LogP contribution in [-0.2, 0) is 11.0 Å². The third-order valence-corrected chi connectivity index (χ3v) is 4.68. The number of carbonyl (C=O) groups excluding carboxylic acids is 1. The van der Waals surface area contributed by atoms with Gasteiger partial charge in [-0.05, 0) is 42.9 Å². The van der Waals surface area contributed by atoms with Crippen molar-refractivity contribution in [3.8, 4) is 0 Å². The van der Waals surface area contributed by atoms with Gasteiger partial charge < -0.3 is 10.6 Å². The molecule has 3 rings (SSSR count). The molecule has 0 unspecified atom stereocenters. The van der Waals surface area contributed by atoms with Crippen molar-refractivity contribution < 1.29 is 18.0 Å². The Hall–Kier alpha value is -1.56. The van der Waals surface area contributed by atoms with Crippen molar-refractivity contribution in [2.24, 2.45) is 17.6 Å². The van der Waals surface area contributed by atoms with E-state index in [1.54, 1.807) is 6.07 Å². The van der Waals surface area contributed by atoms with Gasteiger partial charge in [-0.25, -0.2) is 0 Å². The number of alkyl halides is 3. The molecule has 1 saturated carbocycles. The van der Waals surface area contributed by atoms with Crippen LogP contribution in [0.2, 0.25) is 0 Å². The maximum atomic E-state index is 12.7. The summed E-state index contributed by atoms with van der Waals surface area (Å²) in [6, 6.07) is 5.33. The maximum absolute atomic E-state index is 12.7. The quantitative estimate of drug-likeness (QED) is 0.932. The van der Waals surface area contributed by atoms with Crippen molar-refractivity contribution in [3.63, 3.8) is 0 Å². The molecule has 2 fully saturated rings. The average Bonchev–Trinajstić information content (AvgIpc) is 3.15. The van der Waals surface area contributed by atoms with Gasteiger partial charge in [-0.15, -0.1) is 0 Å². The van der Waals surface area contributed by atoms with Crippen molar-refractivity contribution in [1.29, 1.82) is 0 Å². The molecule has 1 aliphatic carbocycles. The highest BCUT2D eigenvalue weighted by Gasteiger charge is 2.47. The summed E-state index contributed by atoms with van der Waals surface area (Å²) >= 11 is 0. The minimum Gasteiger partial charge on any atom is -0.342 e. The predicted molar refractivity (Wildman–Crippen MR) is 76.0 cm³/mol. The summed E-state index contributed by atoms with van der Waals surface area (Å²) in [4.78, 5) is 14.2. The maximum Gasteiger partial charge on any atom is 0.416 e. The second-order valence-corrected chi connectivity index (χ2v) is 6.25. The van der Waals surface area contributed by atoms with Crippen molar-refractivity contribution in [2.75, 3.05) is 19.6 Å². The fraction of sp³-hybridized carbons (Fsp3) is 0.562. The molecule has 1 aromatic carbocycles. The summed E-state index contributed by atoms with van der Waals surface area (Å²) in [5.74, 6) is 0.180. The molecule has 3 nitrogen and oxygen atoms in total. The van der Waals surface area contributed by atoms with Crippen molar-refractivity contribution in [2.45, 2.75) is 24.9 Å². The van der Waals surface area contributed by atoms with Gasteiger partial charge >= 0.3 is 6.18 Å². The molecule has 1 heterocycles. The highest BCUT2D eigenvalue weighted by atomic mass is 19.4. The van der Waals surface area contributed by atoms with Crippen LogP contribution in [0.25, 0.3) is 0 Å². The van der Waals surface area contributed by atoms with Gasteiger partial charge in [0.25, 0.3) is 0 Å². The number of nitrogens with two attached hydrogens (primary N) is 1. The van der Waals surface area contributed by atoms with E-state index in [1.807, 2.05) is 4.90 Å². The summed E-state index contributed by atoms with van der Waals surface area (Å²) in [6.07, 6.45) is -2.78. The minimum absolute atomic E-state index is 0.0679. The van der Waals surface area contributed by atoms with Gasteiger partial charge in [0.1, 0.15) is 0 Å². The van der Waals surface area contributed by atoms with Gasteiger partial charge in [-0.1, -0.05) is 18.2 Å². The molecular weight excluding hydrogens is 293 g/mol. The zero-order valence-corrected chi connectivity index (χ0v) is 12.1. The molecule has 0 radical (unpaired) electrons. The number of amides is 1. The van der Waals surface area contributed by atoms with E-state index in [9.17, 15) is 18.0 Å². The summed E-state index contributed by atoms with van der Waals surface area (Å²) in [5.41, 5.74) is 5.59. The minimum atomic E-state index is -4.34. The summed E-state index contributed by atoms with van der Waals surface area (Å²) in [7, 11) is 0. The number of rotatable bonds is 3. The molecule has 0 aromatic heterocycles. The second-order valence-electron chi connectivity index (χ2n) is 6.25. The molecule has 1 amide bonds. The normalized spacial score (nSPS) is 28.0.